The minimum Gasteiger partial charge on any atom is -0.343 e. The maximum Gasteiger partial charge on any atom is 0.222 e. The zero-order valence-corrected chi connectivity index (χ0v) is 13.4. The highest BCUT2D eigenvalue weighted by atomic mass is 16.2. The summed E-state index contributed by atoms with van der Waals surface area (Å²) in [5.74, 6) is 1.11. The maximum absolute atomic E-state index is 12.4. The van der Waals surface area contributed by atoms with Crippen molar-refractivity contribution in [3.05, 3.63) is 0 Å². The van der Waals surface area contributed by atoms with E-state index in [1.165, 1.54) is 12.8 Å². The minimum absolute atomic E-state index is 0.352. The van der Waals surface area contributed by atoms with Crippen LogP contribution in [0.25, 0.3) is 0 Å². The van der Waals surface area contributed by atoms with Crippen LogP contribution in [0.4, 0.5) is 0 Å². The van der Waals surface area contributed by atoms with Crippen LogP contribution in [0, 0.1) is 5.92 Å². The molecule has 0 aromatic heterocycles. The van der Waals surface area contributed by atoms with Gasteiger partial charge in [0.15, 0.2) is 0 Å². The lowest BCUT2D eigenvalue weighted by molar-refractivity contribution is -0.133. The number of rotatable bonds is 4. The second-order valence-electron chi connectivity index (χ2n) is 6.74. The zero-order valence-electron chi connectivity index (χ0n) is 13.4. The first-order valence-corrected chi connectivity index (χ1v) is 8.24. The molecular weight excluding hydrogens is 250 g/mol. The van der Waals surface area contributed by atoms with E-state index in [1.54, 1.807) is 0 Å². The van der Waals surface area contributed by atoms with Crippen LogP contribution in [0.5, 0.6) is 0 Å². The van der Waals surface area contributed by atoms with Crippen molar-refractivity contribution in [2.45, 2.75) is 57.5 Å². The van der Waals surface area contributed by atoms with Gasteiger partial charge >= 0.3 is 0 Å². The summed E-state index contributed by atoms with van der Waals surface area (Å²) in [4.78, 5) is 16.8. The van der Waals surface area contributed by atoms with E-state index in [0.29, 0.717) is 18.0 Å². The Labute approximate surface area is 123 Å². The Morgan fingerprint density at radius 2 is 2.00 bits per heavy atom. The topological polar surface area (TPSA) is 35.6 Å². The highest BCUT2D eigenvalue weighted by molar-refractivity contribution is 5.76. The van der Waals surface area contributed by atoms with Crippen LogP contribution in [-0.4, -0.2) is 61.5 Å². The monoisotopic (exact) mass is 281 g/mol. The zero-order chi connectivity index (χ0) is 14.5. The van der Waals surface area contributed by atoms with Crippen LogP contribution >= 0.6 is 0 Å². The van der Waals surface area contributed by atoms with Crippen LogP contribution in [0.1, 0.15) is 45.4 Å². The van der Waals surface area contributed by atoms with Crippen molar-refractivity contribution in [3.63, 3.8) is 0 Å². The fourth-order valence-electron chi connectivity index (χ4n) is 3.49. The Balaban J connectivity index is 1.73. The molecule has 2 saturated heterocycles. The van der Waals surface area contributed by atoms with Gasteiger partial charge in [0.1, 0.15) is 0 Å². The quantitative estimate of drug-likeness (QED) is 0.852. The number of nitrogens with zero attached hydrogens (tertiary/aromatic N) is 2. The lowest BCUT2D eigenvalue weighted by Gasteiger charge is -2.39. The summed E-state index contributed by atoms with van der Waals surface area (Å²) in [5.41, 5.74) is 0. The predicted octanol–water partition coefficient (Wildman–Crippen LogP) is 1.71. The van der Waals surface area contributed by atoms with Crippen LogP contribution in [-0.2, 0) is 4.79 Å². The van der Waals surface area contributed by atoms with E-state index < -0.39 is 0 Å². The molecule has 2 aliphatic heterocycles. The molecule has 0 aromatic carbocycles. The average molecular weight is 281 g/mol. The van der Waals surface area contributed by atoms with Gasteiger partial charge in [-0.15, -0.1) is 0 Å². The van der Waals surface area contributed by atoms with E-state index in [4.69, 9.17) is 0 Å². The summed E-state index contributed by atoms with van der Waals surface area (Å²) < 4.78 is 0. The second kappa shape index (κ2) is 7.41. The normalized spacial score (nSPS) is 29.4. The molecule has 2 rings (SSSR count). The highest BCUT2D eigenvalue weighted by Crippen LogP contribution is 2.22. The van der Waals surface area contributed by atoms with Gasteiger partial charge in [0, 0.05) is 32.1 Å². The number of likely N-dealkylation sites (tertiary alicyclic amines) is 1. The molecule has 1 N–H and O–H groups in total. The standard InChI is InChI=1S/C16H31N3O/c1-13-12-15(8-11-18(13)2)19(3)16(20)5-4-14-6-9-17-10-7-14/h13-15,17H,4-12H2,1-3H3. The molecule has 2 unspecified atom stereocenters. The van der Waals surface area contributed by atoms with Gasteiger partial charge in [-0.05, 0) is 65.1 Å². The molecule has 0 aromatic rings. The molecule has 0 spiro atoms. The Kier molecular flexibility index (Phi) is 5.85. The maximum atomic E-state index is 12.4. The van der Waals surface area contributed by atoms with Crippen molar-refractivity contribution in [2.75, 3.05) is 33.7 Å². The summed E-state index contributed by atoms with van der Waals surface area (Å²) in [6.45, 7) is 5.62. The van der Waals surface area contributed by atoms with E-state index in [-0.39, 0.29) is 0 Å². The molecule has 0 bridgehead atoms. The third-order valence-electron chi connectivity index (χ3n) is 5.35. The van der Waals surface area contributed by atoms with E-state index >= 15 is 0 Å². The van der Waals surface area contributed by atoms with Crippen molar-refractivity contribution < 1.29 is 4.79 Å². The number of nitrogens with one attached hydrogen (secondary N) is 1. The fraction of sp³-hybridized carbons (Fsp3) is 0.938. The van der Waals surface area contributed by atoms with E-state index in [2.05, 4.69) is 24.2 Å². The van der Waals surface area contributed by atoms with Crippen LogP contribution in [0.15, 0.2) is 0 Å². The minimum atomic E-state index is 0.352. The molecule has 116 valence electrons. The van der Waals surface area contributed by atoms with Gasteiger partial charge < -0.3 is 15.1 Å². The van der Waals surface area contributed by atoms with Crippen LogP contribution in [0.2, 0.25) is 0 Å². The Bertz CT molecular complexity index is 315. The second-order valence-corrected chi connectivity index (χ2v) is 6.74. The van der Waals surface area contributed by atoms with Crippen molar-refractivity contribution in [1.29, 1.82) is 0 Å². The third kappa shape index (κ3) is 4.19. The molecule has 1 amide bonds. The Hall–Kier alpha value is -0.610. The van der Waals surface area contributed by atoms with Gasteiger partial charge in [0.2, 0.25) is 5.91 Å². The molecule has 4 nitrogen and oxygen atoms in total. The summed E-state index contributed by atoms with van der Waals surface area (Å²) in [6.07, 6.45) is 6.53. The number of carbonyl (C=O) groups excluding carboxylic acids is 1. The molecule has 0 saturated carbocycles. The van der Waals surface area contributed by atoms with Gasteiger partial charge in [-0.3, -0.25) is 4.79 Å². The summed E-state index contributed by atoms with van der Waals surface area (Å²) in [7, 11) is 4.19. The van der Waals surface area contributed by atoms with Gasteiger partial charge in [0.25, 0.3) is 0 Å². The molecule has 4 heteroatoms. The van der Waals surface area contributed by atoms with Crippen LogP contribution < -0.4 is 5.32 Å². The number of hydrogen-bond donors (Lipinski definition) is 1. The molecule has 2 atom stereocenters. The molecular formula is C16H31N3O. The number of hydrogen-bond acceptors (Lipinski definition) is 3. The van der Waals surface area contributed by atoms with Gasteiger partial charge in [-0.2, -0.15) is 0 Å². The number of piperidine rings is 2. The van der Waals surface area contributed by atoms with Crippen molar-refractivity contribution in [3.8, 4) is 0 Å². The first-order valence-electron chi connectivity index (χ1n) is 8.24. The predicted molar refractivity (Wildman–Crippen MR) is 82.7 cm³/mol. The summed E-state index contributed by atoms with van der Waals surface area (Å²) >= 11 is 0. The number of carbonyl (C=O) groups is 1. The van der Waals surface area contributed by atoms with Gasteiger partial charge in [0.05, 0.1) is 0 Å². The van der Waals surface area contributed by atoms with Crippen LogP contribution in [0.3, 0.4) is 0 Å². The Morgan fingerprint density at radius 1 is 1.30 bits per heavy atom. The molecule has 2 fully saturated rings. The van der Waals surface area contributed by atoms with E-state index in [0.717, 1.165) is 51.2 Å². The lowest BCUT2D eigenvalue weighted by atomic mass is 9.92. The lowest BCUT2D eigenvalue weighted by Crippen LogP contribution is -2.48. The number of amides is 1. The largest absolute Gasteiger partial charge is 0.343 e. The molecule has 0 radical (unpaired) electrons. The summed E-state index contributed by atoms with van der Waals surface area (Å²) in [6, 6.07) is 1.04. The third-order valence-corrected chi connectivity index (χ3v) is 5.35. The fourth-order valence-corrected chi connectivity index (χ4v) is 3.49. The van der Waals surface area contributed by atoms with Crippen molar-refractivity contribution in [2.24, 2.45) is 5.92 Å². The molecule has 0 aliphatic carbocycles. The summed E-state index contributed by atoms with van der Waals surface area (Å²) in [5, 5.41) is 3.39. The molecule has 2 heterocycles. The SMILES string of the molecule is CC1CC(N(C)C(=O)CCC2CCNCC2)CCN1C. The van der Waals surface area contributed by atoms with Gasteiger partial charge in [-0.1, -0.05) is 0 Å². The first-order chi connectivity index (χ1) is 9.58. The average Bonchev–Trinajstić information content (AvgIpc) is 2.48. The van der Waals surface area contributed by atoms with E-state index in [9.17, 15) is 4.79 Å². The highest BCUT2D eigenvalue weighted by Gasteiger charge is 2.28. The Morgan fingerprint density at radius 3 is 2.65 bits per heavy atom. The van der Waals surface area contributed by atoms with Gasteiger partial charge in [-0.25, -0.2) is 0 Å². The first kappa shape index (κ1) is 15.8. The smallest absolute Gasteiger partial charge is 0.222 e. The van der Waals surface area contributed by atoms with Crippen molar-refractivity contribution >= 4 is 5.91 Å². The molecule has 2 aliphatic rings. The van der Waals surface area contributed by atoms with E-state index in [1.807, 2.05) is 11.9 Å². The van der Waals surface area contributed by atoms with Crippen molar-refractivity contribution in [1.82, 2.24) is 15.1 Å². The molecule has 20 heavy (non-hydrogen) atoms.